The maximum absolute atomic E-state index is 12.2. The molecule has 3 heteroatoms. The van der Waals surface area contributed by atoms with Gasteiger partial charge in [-0.15, -0.1) is 0 Å². The minimum absolute atomic E-state index is 0.130. The second-order valence-electron chi connectivity index (χ2n) is 7.85. The number of unbranched alkanes of at least 4 members (excludes halogenated alkanes) is 8. The van der Waals surface area contributed by atoms with Crippen LogP contribution in [-0.2, 0) is 14.3 Å². The van der Waals surface area contributed by atoms with Crippen molar-refractivity contribution in [2.45, 2.75) is 103 Å². The van der Waals surface area contributed by atoms with Gasteiger partial charge in [-0.05, 0) is 31.6 Å². The molecule has 1 aliphatic rings. The molecule has 0 N–H and O–H groups in total. The Morgan fingerprint density at radius 2 is 1.69 bits per heavy atom. The first kappa shape index (κ1) is 22.9. The summed E-state index contributed by atoms with van der Waals surface area (Å²) < 4.78 is 4.97. The molecule has 0 unspecified atom stereocenters. The number of carbonyl (C=O) groups is 2. The first-order valence-corrected chi connectivity index (χ1v) is 11.0. The van der Waals surface area contributed by atoms with Gasteiger partial charge in [-0.2, -0.15) is 0 Å². The second kappa shape index (κ2) is 15.0. The SMILES string of the molecule is C=CCOC(=O)CCCCCC[C@H]1C(=O)CC[C@@H]1CCCCCCCC. The van der Waals surface area contributed by atoms with Crippen LogP contribution >= 0.6 is 0 Å². The van der Waals surface area contributed by atoms with Crippen molar-refractivity contribution in [2.24, 2.45) is 11.8 Å². The van der Waals surface area contributed by atoms with Crippen LogP contribution in [0.5, 0.6) is 0 Å². The van der Waals surface area contributed by atoms with Crippen molar-refractivity contribution in [2.75, 3.05) is 6.61 Å². The zero-order valence-electron chi connectivity index (χ0n) is 17.0. The third kappa shape index (κ3) is 10.1. The molecule has 0 bridgehead atoms. The Bertz CT molecular complexity index is 402. The first-order valence-electron chi connectivity index (χ1n) is 11.0. The van der Waals surface area contributed by atoms with Gasteiger partial charge in [-0.3, -0.25) is 9.59 Å². The number of ether oxygens (including phenoxy) is 1. The van der Waals surface area contributed by atoms with Gasteiger partial charge < -0.3 is 4.74 Å². The predicted molar refractivity (Wildman–Crippen MR) is 108 cm³/mol. The van der Waals surface area contributed by atoms with Gasteiger partial charge in [0.2, 0.25) is 0 Å². The minimum atomic E-state index is -0.130. The number of ketones is 1. The largest absolute Gasteiger partial charge is 0.461 e. The zero-order valence-corrected chi connectivity index (χ0v) is 17.0. The smallest absolute Gasteiger partial charge is 0.306 e. The van der Waals surface area contributed by atoms with E-state index in [9.17, 15) is 9.59 Å². The standard InChI is InChI=1S/C23H40O3/c1-3-5-6-7-8-11-14-20-17-18-22(24)21(20)15-12-9-10-13-16-23(25)26-19-4-2/h4,20-21H,2-3,5-19H2,1H3/t20-,21+/m0/s1. The molecule has 0 aromatic rings. The van der Waals surface area contributed by atoms with Crippen molar-refractivity contribution < 1.29 is 14.3 Å². The number of hydrogen-bond acceptors (Lipinski definition) is 3. The third-order valence-corrected chi connectivity index (χ3v) is 5.68. The van der Waals surface area contributed by atoms with Crippen LogP contribution in [0.3, 0.4) is 0 Å². The molecule has 0 saturated heterocycles. The van der Waals surface area contributed by atoms with Crippen molar-refractivity contribution in [3.63, 3.8) is 0 Å². The number of hydrogen-bond donors (Lipinski definition) is 0. The Kier molecular flexibility index (Phi) is 13.2. The maximum atomic E-state index is 12.2. The van der Waals surface area contributed by atoms with E-state index in [4.69, 9.17) is 4.74 Å². The quantitative estimate of drug-likeness (QED) is 0.181. The Morgan fingerprint density at radius 3 is 2.42 bits per heavy atom. The maximum Gasteiger partial charge on any atom is 0.306 e. The molecule has 0 radical (unpaired) electrons. The van der Waals surface area contributed by atoms with Gasteiger partial charge in [-0.25, -0.2) is 0 Å². The molecule has 0 amide bonds. The van der Waals surface area contributed by atoms with Crippen LogP contribution in [-0.4, -0.2) is 18.4 Å². The monoisotopic (exact) mass is 364 g/mol. The summed E-state index contributed by atoms with van der Waals surface area (Å²) in [5.74, 6) is 1.34. The number of rotatable bonds is 16. The van der Waals surface area contributed by atoms with Crippen molar-refractivity contribution in [3.05, 3.63) is 12.7 Å². The normalized spacial score (nSPS) is 19.7. The van der Waals surface area contributed by atoms with Crippen LogP contribution in [0, 0.1) is 11.8 Å². The van der Waals surface area contributed by atoms with Gasteiger partial charge >= 0.3 is 5.97 Å². The van der Waals surface area contributed by atoms with E-state index in [1.807, 2.05) is 0 Å². The molecule has 1 fully saturated rings. The van der Waals surface area contributed by atoms with Crippen molar-refractivity contribution in [1.82, 2.24) is 0 Å². The van der Waals surface area contributed by atoms with Gasteiger partial charge in [0.15, 0.2) is 0 Å². The molecule has 0 heterocycles. The van der Waals surface area contributed by atoms with Crippen LogP contribution in [0.4, 0.5) is 0 Å². The fraction of sp³-hybridized carbons (Fsp3) is 0.826. The van der Waals surface area contributed by atoms with E-state index in [0.717, 1.165) is 44.9 Å². The molecular weight excluding hydrogens is 324 g/mol. The lowest BCUT2D eigenvalue weighted by atomic mass is 9.86. The highest BCUT2D eigenvalue weighted by molar-refractivity contribution is 5.83. The van der Waals surface area contributed by atoms with E-state index in [2.05, 4.69) is 13.5 Å². The molecule has 0 aromatic carbocycles. The Labute approximate surface area is 161 Å². The topological polar surface area (TPSA) is 43.4 Å². The van der Waals surface area contributed by atoms with Crippen LogP contribution < -0.4 is 0 Å². The molecule has 2 atom stereocenters. The van der Waals surface area contributed by atoms with E-state index in [-0.39, 0.29) is 5.97 Å². The Balaban J connectivity index is 2.08. The summed E-state index contributed by atoms with van der Waals surface area (Å²) in [6, 6.07) is 0. The van der Waals surface area contributed by atoms with E-state index < -0.39 is 0 Å². The van der Waals surface area contributed by atoms with E-state index in [1.54, 1.807) is 6.08 Å². The van der Waals surface area contributed by atoms with E-state index in [0.29, 0.717) is 30.6 Å². The van der Waals surface area contributed by atoms with Gasteiger partial charge in [0.05, 0.1) is 0 Å². The second-order valence-corrected chi connectivity index (χ2v) is 7.85. The average Bonchev–Trinajstić information content (AvgIpc) is 2.99. The molecule has 0 spiro atoms. The lowest BCUT2D eigenvalue weighted by Crippen LogP contribution is -2.15. The van der Waals surface area contributed by atoms with Gasteiger partial charge in [0.1, 0.15) is 12.4 Å². The van der Waals surface area contributed by atoms with Crippen molar-refractivity contribution in [1.29, 1.82) is 0 Å². The van der Waals surface area contributed by atoms with Crippen molar-refractivity contribution >= 4 is 11.8 Å². The molecule has 1 saturated carbocycles. The molecule has 150 valence electrons. The summed E-state index contributed by atoms with van der Waals surface area (Å²) in [5, 5.41) is 0. The fourth-order valence-corrected chi connectivity index (χ4v) is 4.12. The fourth-order valence-electron chi connectivity index (χ4n) is 4.12. The molecule has 0 aliphatic heterocycles. The molecule has 1 aliphatic carbocycles. The van der Waals surface area contributed by atoms with Gasteiger partial charge in [-0.1, -0.05) is 77.4 Å². The Morgan fingerprint density at radius 1 is 1.04 bits per heavy atom. The summed E-state index contributed by atoms with van der Waals surface area (Å²) in [6.45, 7) is 6.10. The van der Waals surface area contributed by atoms with Crippen LogP contribution in [0.2, 0.25) is 0 Å². The van der Waals surface area contributed by atoms with Crippen molar-refractivity contribution in [3.8, 4) is 0 Å². The lowest BCUT2D eigenvalue weighted by molar-refractivity contribution is -0.142. The number of esters is 1. The van der Waals surface area contributed by atoms with Gasteiger partial charge in [0, 0.05) is 18.8 Å². The van der Waals surface area contributed by atoms with Gasteiger partial charge in [0.25, 0.3) is 0 Å². The van der Waals surface area contributed by atoms with Crippen LogP contribution in [0.1, 0.15) is 103 Å². The minimum Gasteiger partial charge on any atom is -0.461 e. The summed E-state index contributed by atoms with van der Waals surface area (Å²) in [5.41, 5.74) is 0. The van der Waals surface area contributed by atoms with E-state index in [1.165, 1.54) is 44.9 Å². The molecule has 1 rings (SSSR count). The number of carbonyl (C=O) groups excluding carboxylic acids is 2. The highest BCUT2D eigenvalue weighted by Gasteiger charge is 2.33. The molecule has 3 nitrogen and oxygen atoms in total. The highest BCUT2D eigenvalue weighted by Crippen LogP contribution is 2.36. The number of Topliss-reactive ketones (excluding diaryl/α,β-unsaturated/α-hetero) is 1. The molecule has 26 heavy (non-hydrogen) atoms. The zero-order chi connectivity index (χ0) is 19.0. The summed E-state index contributed by atoms with van der Waals surface area (Å²) in [7, 11) is 0. The van der Waals surface area contributed by atoms with Crippen LogP contribution in [0.25, 0.3) is 0 Å². The highest BCUT2D eigenvalue weighted by atomic mass is 16.5. The Hall–Kier alpha value is -1.12. The average molecular weight is 365 g/mol. The lowest BCUT2D eigenvalue weighted by Gasteiger charge is -2.18. The molecular formula is C23H40O3. The molecule has 0 aromatic heterocycles. The van der Waals surface area contributed by atoms with Crippen LogP contribution in [0.15, 0.2) is 12.7 Å². The first-order chi connectivity index (χ1) is 12.7. The summed E-state index contributed by atoms with van der Waals surface area (Å²) in [6.07, 6.45) is 18.5. The summed E-state index contributed by atoms with van der Waals surface area (Å²) >= 11 is 0. The van der Waals surface area contributed by atoms with E-state index >= 15 is 0 Å². The predicted octanol–water partition coefficient (Wildman–Crippen LogP) is 6.40. The summed E-state index contributed by atoms with van der Waals surface area (Å²) in [4.78, 5) is 23.6. The third-order valence-electron chi connectivity index (χ3n) is 5.68.